The van der Waals surface area contributed by atoms with Gasteiger partial charge in [-0.05, 0) is 101 Å². The molecule has 0 saturated heterocycles. The zero-order chi connectivity index (χ0) is 42.8. The Hall–Kier alpha value is -5.62. The van der Waals surface area contributed by atoms with Gasteiger partial charge in [0.05, 0.1) is 11.0 Å². The van der Waals surface area contributed by atoms with Gasteiger partial charge in [0, 0.05) is 23.6 Å². The molecule has 1 aromatic heterocycles. The number of rotatable bonds is 5. The average Bonchev–Trinajstić information content (AvgIpc) is 3.74. The molecule has 6 aromatic carbocycles. The lowest BCUT2D eigenvalue weighted by Gasteiger charge is -2.33. The molecule has 0 bridgehead atoms. The van der Waals surface area contributed by atoms with E-state index in [1.54, 1.807) is 0 Å². The third kappa shape index (κ3) is 5.44. The van der Waals surface area contributed by atoms with Gasteiger partial charge in [0.25, 0.3) is 0 Å². The fraction of sp³-hybridized carbons (Fsp3) is 0.0682. The van der Waals surface area contributed by atoms with Crippen LogP contribution in [0.25, 0.3) is 49.8 Å². The topological polar surface area (TPSA) is 78.5 Å². The molecule has 16 heteroatoms. The molecular weight excluding hydrogens is 723 g/mol. The molecule has 2 aliphatic rings. The lowest BCUT2D eigenvalue weighted by molar-refractivity contribution is 0.409. The minimum Gasteiger partial charge on any atom is -0.508 e. The summed E-state index contributed by atoms with van der Waals surface area (Å²) in [6.07, 6.45) is 0.809. The summed E-state index contributed by atoms with van der Waals surface area (Å²) in [5.41, 5.74) is 22.0. The van der Waals surface area contributed by atoms with Crippen LogP contribution in [0.2, 0.25) is 0 Å². The van der Waals surface area contributed by atoms with Gasteiger partial charge < -0.3 is 15.3 Å². The normalized spacial score (nSPS) is 15.1. The summed E-state index contributed by atoms with van der Waals surface area (Å²) in [6.45, 7) is 2.15. The number of phenolic OH excluding ortho intramolecular Hbond substituents is 3. The van der Waals surface area contributed by atoms with E-state index < -0.39 is 0 Å². The van der Waals surface area contributed by atoms with Gasteiger partial charge in [0.2, 0.25) is 0 Å². The van der Waals surface area contributed by atoms with Crippen molar-refractivity contribution in [2.75, 3.05) is 0 Å². The maximum atomic E-state index is 12.6. The number of para-hydroxylation sites is 2. The molecule has 1 unspecified atom stereocenters. The van der Waals surface area contributed by atoms with Crippen molar-refractivity contribution in [2.45, 2.75) is 13.3 Å². The number of hydrogen-bond acceptors (Lipinski definition) is 4. The van der Waals surface area contributed by atoms with E-state index in [0.717, 1.165) is 89.1 Å². The minimum absolute atomic E-state index is 0.115. The number of imidazole rings is 1. The first-order chi connectivity index (χ1) is 28.6. The van der Waals surface area contributed by atoms with Crippen LogP contribution in [-0.4, -0.2) is 111 Å². The smallest absolute Gasteiger partial charge is 0.150 e. The Bertz CT molecular complexity index is 3320. The second-order valence-corrected chi connectivity index (χ2v) is 17.3. The molecule has 0 amide bonds. The van der Waals surface area contributed by atoms with Crippen LogP contribution in [-0.2, 0) is 6.42 Å². The van der Waals surface area contributed by atoms with Crippen molar-refractivity contribution in [2.24, 2.45) is 5.92 Å². The van der Waals surface area contributed by atoms with Gasteiger partial charge in [-0.3, -0.25) is 4.57 Å². The quantitative estimate of drug-likeness (QED) is 0.120. The van der Waals surface area contributed by atoms with Crippen LogP contribution in [0.5, 0.6) is 17.2 Å². The summed E-state index contributed by atoms with van der Waals surface area (Å²) in [6, 6.07) is 25.7. The Kier molecular flexibility index (Phi) is 9.46. The molecule has 0 spiro atoms. The molecule has 9 rings (SSSR count). The molecule has 3 N–H and O–H groups in total. The standard InChI is InChI=1S/C44H43B11N2O3/c1-2-21-56-19-11-3-4-12-20(19)57(21)18-10-6-8-16(14-18)15-7-5-9-17(13-15)22-24-26(33(47)39(53)32(24)46)23(27-25(22)36(50)43(59)44(60)37(27)51)30-31(45)28-29(38(52)42(30)58)35(49)41(55)40(54)34(28)48/h3-14,26,58-60H,2,45-55H2,1H3. The molecule has 60 heavy (non-hydrogen) atoms. The Labute approximate surface area is 361 Å². The van der Waals surface area contributed by atoms with Crippen LogP contribution in [0.3, 0.4) is 0 Å². The SMILES string of the molecule is BC1=C(B)C2C(=C1B)C(c1cccc(-c3cccc(-n4c(CC)nc5ccccc54)c3)c1)=c1c(B)c(O)c(O)c(B)c1=C2c1c(O)c(B)c2c(B)c(B)c(B)c(B)c2c1B. The van der Waals surface area contributed by atoms with Crippen LogP contribution >= 0.6 is 0 Å². The third-order valence-electron chi connectivity index (χ3n) is 14.5. The number of hydrogen-bond donors (Lipinski definition) is 3. The van der Waals surface area contributed by atoms with Crippen molar-refractivity contribution in [3.8, 4) is 34.1 Å². The van der Waals surface area contributed by atoms with E-state index in [4.69, 9.17) is 4.98 Å². The number of allylic oxidation sites excluding steroid dienone is 4. The summed E-state index contributed by atoms with van der Waals surface area (Å²) >= 11 is 0. The number of aryl methyl sites for hydroxylation is 1. The second kappa shape index (κ2) is 14.3. The van der Waals surface area contributed by atoms with Gasteiger partial charge >= 0.3 is 0 Å². The zero-order valence-corrected chi connectivity index (χ0v) is 36.9. The van der Waals surface area contributed by atoms with Crippen LogP contribution in [0.15, 0.2) is 94.8 Å². The number of phenols is 3. The Morgan fingerprint density at radius 1 is 0.550 bits per heavy atom. The van der Waals surface area contributed by atoms with Crippen LogP contribution in [0.4, 0.5) is 0 Å². The third-order valence-corrected chi connectivity index (χ3v) is 14.5. The highest BCUT2D eigenvalue weighted by molar-refractivity contribution is 6.70. The Morgan fingerprint density at radius 3 is 1.80 bits per heavy atom. The largest absolute Gasteiger partial charge is 0.508 e. The van der Waals surface area contributed by atoms with Crippen molar-refractivity contribution in [1.29, 1.82) is 0 Å². The van der Waals surface area contributed by atoms with Gasteiger partial charge in [-0.25, -0.2) is 4.98 Å². The zero-order valence-electron chi connectivity index (χ0n) is 36.9. The van der Waals surface area contributed by atoms with E-state index in [0.29, 0.717) is 10.9 Å². The lowest BCUT2D eigenvalue weighted by Crippen LogP contribution is -2.54. The van der Waals surface area contributed by atoms with Gasteiger partial charge in [0.15, 0.2) is 11.5 Å². The van der Waals surface area contributed by atoms with Crippen molar-refractivity contribution < 1.29 is 15.3 Å². The summed E-state index contributed by atoms with van der Waals surface area (Å²) < 4.78 is 2.26. The molecule has 5 nitrogen and oxygen atoms in total. The number of fused-ring (bicyclic) bond motifs is 4. The first kappa shape index (κ1) is 39.8. The predicted molar refractivity (Wildman–Crippen MR) is 284 cm³/mol. The summed E-state index contributed by atoms with van der Waals surface area (Å²) in [5.74, 6) is 0.853. The Morgan fingerprint density at radius 2 is 1.13 bits per heavy atom. The van der Waals surface area contributed by atoms with Crippen LogP contribution in [0.1, 0.15) is 23.9 Å². The highest BCUT2D eigenvalue weighted by Crippen LogP contribution is 2.48. The highest BCUT2D eigenvalue weighted by atomic mass is 16.3. The molecule has 1 atom stereocenters. The maximum absolute atomic E-state index is 12.6. The van der Waals surface area contributed by atoms with E-state index in [9.17, 15) is 15.3 Å². The van der Waals surface area contributed by atoms with E-state index >= 15 is 0 Å². The maximum Gasteiger partial charge on any atom is 0.150 e. The van der Waals surface area contributed by atoms with E-state index in [1.807, 2.05) is 29.6 Å². The van der Waals surface area contributed by atoms with E-state index in [1.165, 1.54) is 49.2 Å². The monoisotopic (exact) mass is 768 g/mol. The molecule has 0 saturated carbocycles. The number of aromatic hydroxyl groups is 3. The van der Waals surface area contributed by atoms with Crippen molar-refractivity contribution >= 4 is 163 Å². The minimum atomic E-state index is -0.196. The van der Waals surface area contributed by atoms with Crippen molar-refractivity contribution in [3.63, 3.8) is 0 Å². The number of aromatic nitrogens is 2. The summed E-state index contributed by atoms with van der Waals surface area (Å²) in [5, 5.41) is 40.1. The predicted octanol–water partition coefficient (Wildman–Crippen LogP) is -9.00. The first-order valence-electron chi connectivity index (χ1n) is 21.2. The average molecular weight is 767 g/mol. The molecule has 1 heterocycles. The van der Waals surface area contributed by atoms with Gasteiger partial charge in [-0.2, -0.15) is 0 Å². The van der Waals surface area contributed by atoms with Crippen LogP contribution in [0, 0.1) is 5.92 Å². The lowest BCUT2D eigenvalue weighted by atomic mass is 9.59. The van der Waals surface area contributed by atoms with Gasteiger partial charge in [-0.1, -0.05) is 71.2 Å². The van der Waals surface area contributed by atoms with Crippen molar-refractivity contribution in [1.82, 2.24) is 9.55 Å². The Balaban J connectivity index is 1.40. The molecule has 0 aliphatic heterocycles. The van der Waals surface area contributed by atoms with E-state index in [-0.39, 0.29) is 23.2 Å². The molecule has 0 radical (unpaired) electrons. The summed E-state index contributed by atoms with van der Waals surface area (Å²) in [7, 11) is 23.4. The number of benzene rings is 6. The molecular formula is C44H43B11N2O3. The number of nitrogens with zero attached hydrogens (tertiary/aromatic N) is 2. The summed E-state index contributed by atoms with van der Waals surface area (Å²) in [4.78, 5) is 4.95. The second-order valence-electron chi connectivity index (χ2n) is 17.3. The first-order valence-corrected chi connectivity index (χ1v) is 21.2. The van der Waals surface area contributed by atoms with Gasteiger partial charge in [0.1, 0.15) is 97.9 Å². The molecule has 7 aromatic rings. The molecule has 280 valence electrons. The fourth-order valence-electron chi connectivity index (χ4n) is 10.8. The van der Waals surface area contributed by atoms with Gasteiger partial charge in [-0.15, -0.1) is 21.9 Å². The van der Waals surface area contributed by atoms with Crippen LogP contribution < -0.4 is 54.1 Å². The molecule has 0 fully saturated rings. The fourth-order valence-corrected chi connectivity index (χ4v) is 10.8. The van der Waals surface area contributed by atoms with Crippen molar-refractivity contribution in [3.05, 3.63) is 122 Å². The van der Waals surface area contributed by atoms with E-state index in [2.05, 4.69) is 141 Å². The highest BCUT2D eigenvalue weighted by Gasteiger charge is 2.39. The molecule has 2 aliphatic carbocycles.